The normalized spacial score (nSPS) is 10.6. The van der Waals surface area contributed by atoms with Crippen LogP contribution in [0.15, 0.2) is 60.3 Å². The van der Waals surface area contributed by atoms with Gasteiger partial charge in [0.05, 0.1) is 18.4 Å². The second-order valence-corrected chi connectivity index (χ2v) is 7.78. The first-order valence-corrected chi connectivity index (χ1v) is 10.8. The van der Waals surface area contributed by atoms with E-state index in [1.807, 2.05) is 28.8 Å². The SMILES string of the molecule is C=CCn1c(SCC(=O)Nc2ccccc2CC)nnc1-c1cc(Cl)ccc1OC. The lowest BCUT2D eigenvalue weighted by atomic mass is 10.1. The summed E-state index contributed by atoms with van der Waals surface area (Å²) < 4.78 is 7.34. The van der Waals surface area contributed by atoms with E-state index >= 15 is 0 Å². The Morgan fingerprint density at radius 3 is 2.83 bits per heavy atom. The number of ether oxygens (including phenoxy) is 1. The molecule has 3 rings (SSSR count). The number of aromatic nitrogens is 3. The van der Waals surface area contributed by atoms with Crippen molar-refractivity contribution >= 4 is 35.0 Å². The highest BCUT2D eigenvalue weighted by atomic mass is 35.5. The van der Waals surface area contributed by atoms with E-state index in [9.17, 15) is 4.79 Å². The number of carbonyl (C=O) groups is 1. The van der Waals surface area contributed by atoms with Crippen molar-refractivity contribution in [2.45, 2.75) is 25.0 Å². The van der Waals surface area contributed by atoms with Crippen LogP contribution in [0, 0.1) is 0 Å². The van der Waals surface area contributed by atoms with Crippen molar-refractivity contribution in [1.82, 2.24) is 14.8 Å². The molecular formula is C22H23ClN4O2S. The topological polar surface area (TPSA) is 69.0 Å². The molecule has 0 radical (unpaired) electrons. The molecule has 0 unspecified atom stereocenters. The molecule has 8 heteroatoms. The zero-order valence-electron chi connectivity index (χ0n) is 16.9. The van der Waals surface area contributed by atoms with E-state index < -0.39 is 0 Å². The molecule has 30 heavy (non-hydrogen) atoms. The lowest BCUT2D eigenvalue weighted by Crippen LogP contribution is -2.15. The van der Waals surface area contributed by atoms with E-state index in [0.717, 1.165) is 23.2 Å². The molecule has 1 N–H and O–H groups in total. The van der Waals surface area contributed by atoms with Crippen molar-refractivity contribution in [2.24, 2.45) is 0 Å². The summed E-state index contributed by atoms with van der Waals surface area (Å²) in [7, 11) is 1.59. The molecule has 1 aromatic heterocycles. The lowest BCUT2D eigenvalue weighted by Gasteiger charge is -2.12. The summed E-state index contributed by atoms with van der Waals surface area (Å²) in [5, 5.41) is 12.8. The first kappa shape index (κ1) is 21.9. The molecule has 0 bridgehead atoms. The summed E-state index contributed by atoms with van der Waals surface area (Å²) >= 11 is 7.49. The minimum absolute atomic E-state index is 0.101. The van der Waals surface area contributed by atoms with Gasteiger partial charge in [-0.15, -0.1) is 16.8 Å². The molecule has 0 saturated heterocycles. The largest absolute Gasteiger partial charge is 0.496 e. The fraction of sp³-hybridized carbons (Fsp3) is 0.227. The molecule has 0 fully saturated rings. The van der Waals surface area contributed by atoms with Crippen molar-refractivity contribution in [3.05, 3.63) is 65.7 Å². The number of nitrogens with one attached hydrogen (secondary N) is 1. The molecule has 0 spiro atoms. The summed E-state index contributed by atoms with van der Waals surface area (Å²) in [4.78, 5) is 12.5. The van der Waals surface area contributed by atoms with Gasteiger partial charge in [-0.1, -0.05) is 54.6 Å². The number of carbonyl (C=O) groups excluding carboxylic acids is 1. The van der Waals surface area contributed by atoms with E-state index in [0.29, 0.717) is 28.3 Å². The summed E-state index contributed by atoms with van der Waals surface area (Å²) in [6.07, 6.45) is 2.60. The number of allylic oxidation sites excluding steroid dienone is 1. The number of methoxy groups -OCH3 is 1. The van der Waals surface area contributed by atoms with E-state index in [2.05, 4.69) is 29.0 Å². The third kappa shape index (κ3) is 5.04. The average Bonchev–Trinajstić information content (AvgIpc) is 3.15. The van der Waals surface area contributed by atoms with E-state index in [4.69, 9.17) is 16.3 Å². The van der Waals surface area contributed by atoms with Crippen molar-refractivity contribution in [2.75, 3.05) is 18.2 Å². The van der Waals surface area contributed by atoms with Gasteiger partial charge < -0.3 is 10.1 Å². The molecule has 6 nitrogen and oxygen atoms in total. The first-order chi connectivity index (χ1) is 14.6. The third-order valence-corrected chi connectivity index (χ3v) is 5.64. The number of benzene rings is 2. The Hall–Kier alpha value is -2.77. The maximum atomic E-state index is 12.5. The van der Waals surface area contributed by atoms with Crippen LogP contribution in [0.1, 0.15) is 12.5 Å². The highest BCUT2D eigenvalue weighted by molar-refractivity contribution is 7.99. The monoisotopic (exact) mass is 442 g/mol. The third-order valence-electron chi connectivity index (χ3n) is 4.44. The van der Waals surface area contributed by atoms with Gasteiger partial charge in [0.15, 0.2) is 11.0 Å². The Morgan fingerprint density at radius 2 is 2.10 bits per heavy atom. The number of hydrogen-bond acceptors (Lipinski definition) is 5. The number of halogens is 1. The van der Waals surface area contributed by atoms with Crippen LogP contribution < -0.4 is 10.1 Å². The van der Waals surface area contributed by atoms with Crippen LogP contribution in [0.4, 0.5) is 5.69 Å². The number of thioether (sulfide) groups is 1. The molecule has 156 valence electrons. The Morgan fingerprint density at radius 1 is 1.30 bits per heavy atom. The van der Waals surface area contributed by atoms with Gasteiger partial charge in [-0.05, 0) is 36.2 Å². The minimum atomic E-state index is -0.101. The van der Waals surface area contributed by atoms with Crippen LogP contribution in [-0.4, -0.2) is 33.5 Å². The number of anilines is 1. The van der Waals surface area contributed by atoms with Crippen LogP contribution >= 0.6 is 23.4 Å². The first-order valence-electron chi connectivity index (χ1n) is 9.46. The number of hydrogen-bond donors (Lipinski definition) is 1. The molecule has 1 heterocycles. The summed E-state index contributed by atoms with van der Waals surface area (Å²) in [6.45, 7) is 6.36. The Labute approximate surface area is 185 Å². The van der Waals surface area contributed by atoms with Gasteiger partial charge in [0.25, 0.3) is 0 Å². The smallest absolute Gasteiger partial charge is 0.234 e. The van der Waals surface area contributed by atoms with Gasteiger partial charge in [0.2, 0.25) is 5.91 Å². The van der Waals surface area contributed by atoms with Crippen molar-refractivity contribution in [1.29, 1.82) is 0 Å². The molecule has 0 aliphatic carbocycles. The quantitative estimate of drug-likeness (QED) is 0.369. The molecule has 3 aromatic rings. The fourth-order valence-corrected chi connectivity index (χ4v) is 3.93. The number of amides is 1. The Kier molecular flexibility index (Phi) is 7.54. The zero-order chi connectivity index (χ0) is 21.5. The summed E-state index contributed by atoms with van der Waals surface area (Å²) in [5.74, 6) is 1.35. The van der Waals surface area contributed by atoms with Crippen molar-refractivity contribution < 1.29 is 9.53 Å². The number of aryl methyl sites for hydroxylation is 1. The van der Waals surface area contributed by atoms with E-state index in [1.54, 1.807) is 31.4 Å². The second-order valence-electron chi connectivity index (χ2n) is 6.40. The fourth-order valence-electron chi connectivity index (χ4n) is 3.01. The van der Waals surface area contributed by atoms with Crippen molar-refractivity contribution in [3.8, 4) is 17.1 Å². The summed E-state index contributed by atoms with van der Waals surface area (Å²) in [6, 6.07) is 13.1. The van der Waals surface area contributed by atoms with Gasteiger partial charge in [0, 0.05) is 17.3 Å². The van der Waals surface area contributed by atoms with E-state index in [1.165, 1.54) is 11.8 Å². The van der Waals surface area contributed by atoms with Gasteiger partial charge in [-0.3, -0.25) is 9.36 Å². The maximum Gasteiger partial charge on any atom is 0.234 e. The van der Waals surface area contributed by atoms with Crippen LogP contribution in [0.3, 0.4) is 0 Å². The maximum absolute atomic E-state index is 12.5. The van der Waals surface area contributed by atoms with Gasteiger partial charge in [-0.2, -0.15) is 0 Å². The van der Waals surface area contributed by atoms with Crippen molar-refractivity contribution in [3.63, 3.8) is 0 Å². The van der Waals surface area contributed by atoms with Crippen LogP contribution in [-0.2, 0) is 17.8 Å². The average molecular weight is 443 g/mol. The molecule has 0 atom stereocenters. The molecule has 0 aliphatic rings. The summed E-state index contributed by atoms with van der Waals surface area (Å²) in [5.41, 5.74) is 2.66. The number of nitrogens with zero attached hydrogens (tertiary/aromatic N) is 3. The standard InChI is InChI=1S/C22H23ClN4O2S/c1-4-12-27-21(17-13-16(23)10-11-19(17)29-3)25-26-22(27)30-14-20(28)24-18-9-7-6-8-15(18)5-2/h4,6-11,13H,1,5,12,14H2,2-3H3,(H,24,28). The minimum Gasteiger partial charge on any atom is -0.496 e. The van der Waals surface area contributed by atoms with Crippen LogP contribution in [0.25, 0.3) is 11.4 Å². The lowest BCUT2D eigenvalue weighted by molar-refractivity contribution is -0.113. The predicted octanol–water partition coefficient (Wildman–Crippen LogP) is 5.09. The number of rotatable bonds is 9. The molecule has 1 amide bonds. The molecular weight excluding hydrogens is 420 g/mol. The van der Waals surface area contributed by atoms with Gasteiger partial charge in [-0.25, -0.2) is 0 Å². The zero-order valence-corrected chi connectivity index (χ0v) is 18.5. The van der Waals surface area contributed by atoms with Crippen LogP contribution in [0.5, 0.6) is 5.75 Å². The molecule has 2 aromatic carbocycles. The van der Waals surface area contributed by atoms with E-state index in [-0.39, 0.29) is 11.7 Å². The second kappa shape index (κ2) is 10.3. The highest BCUT2D eigenvalue weighted by Gasteiger charge is 2.18. The number of para-hydroxylation sites is 1. The molecule has 0 saturated carbocycles. The molecule has 0 aliphatic heterocycles. The Bertz CT molecular complexity index is 1050. The highest BCUT2D eigenvalue weighted by Crippen LogP contribution is 2.33. The van der Waals surface area contributed by atoms with Crippen LogP contribution in [0.2, 0.25) is 5.02 Å². The predicted molar refractivity (Wildman–Crippen MR) is 122 cm³/mol. The van der Waals surface area contributed by atoms with Gasteiger partial charge in [0.1, 0.15) is 5.75 Å². The Balaban J connectivity index is 1.80. The van der Waals surface area contributed by atoms with Gasteiger partial charge >= 0.3 is 0 Å².